The number of nitrogens with two attached hydrogens (primary N) is 1. The summed E-state index contributed by atoms with van der Waals surface area (Å²) in [5.74, 6) is 0.386. The molecule has 0 aromatic heterocycles. The van der Waals surface area contributed by atoms with Crippen LogP contribution in [0.2, 0.25) is 0 Å². The van der Waals surface area contributed by atoms with Crippen molar-refractivity contribution < 1.29 is 9.53 Å². The number of methoxy groups -OCH3 is 1. The van der Waals surface area contributed by atoms with Crippen LogP contribution in [0.25, 0.3) is 0 Å². The molecule has 0 saturated heterocycles. The average Bonchev–Trinajstić information content (AvgIpc) is 2.85. The molecular weight excluding hydrogens is 260 g/mol. The maximum atomic E-state index is 12.4. The Bertz CT molecular complexity index is 465. The highest BCUT2D eigenvalue weighted by molar-refractivity contribution is 7.99. The molecular formula is C14H20N2O2S. The Balaban J connectivity index is 2.16. The number of carbonyl (C=O) groups excluding carboxylic acids is 1. The fraction of sp³-hybridized carbons (Fsp3) is 0.500. The fourth-order valence-corrected chi connectivity index (χ4v) is 3.51. The molecule has 0 bridgehead atoms. The molecule has 2 rings (SSSR count). The molecule has 0 radical (unpaired) electrons. The van der Waals surface area contributed by atoms with Crippen LogP contribution < -0.4 is 15.8 Å². The lowest BCUT2D eigenvalue weighted by Crippen LogP contribution is -2.39. The summed E-state index contributed by atoms with van der Waals surface area (Å²) in [5.41, 5.74) is 6.79. The third-order valence-corrected chi connectivity index (χ3v) is 4.75. The van der Waals surface area contributed by atoms with Crippen molar-refractivity contribution in [2.24, 2.45) is 0 Å². The first-order valence-electron chi connectivity index (χ1n) is 6.43. The SMILES string of the molecule is COc1cccc(N)c1C(=O)NC1CCCC1SC. The molecule has 1 fully saturated rings. The van der Waals surface area contributed by atoms with Gasteiger partial charge < -0.3 is 15.8 Å². The van der Waals surface area contributed by atoms with Crippen LogP contribution in [0.3, 0.4) is 0 Å². The number of nitrogen functional groups attached to an aromatic ring is 1. The first-order valence-corrected chi connectivity index (χ1v) is 7.72. The molecule has 1 aliphatic carbocycles. The van der Waals surface area contributed by atoms with Crippen molar-refractivity contribution in [3.63, 3.8) is 0 Å². The monoisotopic (exact) mass is 280 g/mol. The lowest BCUT2D eigenvalue weighted by Gasteiger charge is -2.20. The Hall–Kier alpha value is -1.36. The number of ether oxygens (including phenoxy) is 1. The van der Waals surface area contributed by atoms with Gasteiger partial charge in [0.2, 0.25) is 0 Å². The number of rotatable bonds is 4. The minimum Gasteiger partial charge on any atom is -0.496 e. The van der Waals surface area contributed by atoms with Gasteiger partial charge >= 0.3 is 0 Å². The Morgan fingerprint density at radius 3 is 2.95 bits per heavy atom. The predicted molar refractivity (Wildman–Crippen MR) is 79.8 cm³/mol. The molecule has 1 aromatic carbocycles. The van der Waals surface area contributed by atoms with Crippen molar-refractivity contribution in [1.29, 1.82) is 0 Å². The van der Waals surface area contributed by atoms with Crippen LogP contribution in [0.5, 0.6) is 5.75 Å². The normalized spacial score (nSPS) is 22.2. The summed E-state index contributed by atoms with van der Waals surface area (Å²) in [6, 6.07) is 5.49. The summed E-state index contributed by atoms with van der Waals surface area (Å²) in [7, 11) is 1.55. The molecule has 1 aromatic rings. The van der Waals surface area contributed by atoms with E-state index in [1.54, 1.807) is 25.3 Å². The van der Waals surface area contributed by atoms with E-state index in [0.29, 0.717) is 22.3 Å². The van der Waals surface area contributed by atoms with Gasteiger partial charge in [0.15, 0.2) is 0 Å². The second-order valence-corrected chi connectivity index (χ2v) is 5.79. The van der Waals surface area contributed by atoms with Crippen LogP contribution in [-0.2, 0) is 0 Å². The number of hydrogen-bond donors (Lipinski definition) is 2. The zero-order chi connectivity index (χ0) is 13.8. The largest absolute Gasteiger partial charge is 0.496 e. The first-order chi connectivity index (χ1) is 9.17. The number of amides is 1. The van der Waals surface area contributed by atoms with E-state index in [0.717, 1.165) is 19.3 Å². The van der Waals surface area contributed by atoms with Crippen molar-refractivity contribution in [3.05, 3.63) is 23.8 Å². The van der Waals surface area contributed by atoms with Crippen molar-refractivity contribution in [2.75, 3.05) is 19.1 Å². The second kappa shape index (κ2) is 6.19. The van der Waals surface area contributed by atoms with Gasteiger partial charge in [-0.2, -0.15) is 11.8 Å². The second-order valence-electron chi connectivity index (χ2n) is 4.71. The summed E-state index contributed by atoms with van der Waals surface area (Å²) < 4.78 is 5.22. The third-order valence-electron chi connectivity index (χ3n) is 3.58. The molecule has 0 aliphatic heterocycles. The number of thioether (sulfide) groups is 1. The summed E-state index contributed by atoms with van der Waals surface area (Å²) >= 11 is 1.81. The Kier molecular flexibility index (Phi) is 4.58. The van der Waals surface area contributed by atoms with Gasteiger partial charge in [-0.05, 0) is 31.2 Å². The highest BCUT2D eigenvalue weighted by Gasteiger charge is 2.29. The third kappa shape index (κ3) is 2.97. The highest BCUT2D eigenvalue weighted by atomic mass is 32.2. The molecule has 1 saturated carbocycles. The van der Waals surface area contributed by atoms with Crippen LogP contribution in [0.4, 0.5) is 5.69 Å². The highest BCUT2D eigenvalue weighted by Crippen LogP contribution is 2.30. The van der Waals surface area contributed by atoms with Crippen molar-refractivity contribution in [2.45, 2.75) is 30.6 Å². The molecule has 1 aliphatic rings. The molecule has 104 valence electrons. The fourth-order valence-electron chi connectivity index (χ4n) is 2.58. The molecule has 0 heterocycles. The van der Waals surface area contributed by atoms with Gasteiger partial charge in [-0.15, -0.1) is 0 Å². The first kappa shape index (κ1) is 14.1. The molecule has 5 heteroatoms. The molecule has 4 nitrogen and oxygen atoms in total. The number of carbonyl (C=O) groups is 1. The van der Waals surface area contributed by atoms with Crippen LogP contribution in [0.1, 0.15) is 29.6 Å². The van der Waals surface area contributed by atoms with Crippen LogP contribution in [-0.4, -0.2) is 30.6 Å². The molecule has 19 heavy (non-hydrogen) atoms. The van der Waals surface area contributed by atoms with Crippen LogP contribution >= 0.6 is 11.8 Å². The van der Waals surface area contributed by atoms with Gasteiger partial charge in [0.1, 0.15) is 11.3 Å². The average molecular weight is 280 g/mol. The Morgan fingerprint density at radius 2 is 2.26 bits per heavy atom. The van der Waals surface area contributed by atoms with E-state index in [-0.39, 0.29) is 11.9 Å². The number of hydrogen-bond acceptors (Lipinski definition) is 4. The summed E-state index contributed by atoms with van der Waals surface area (Å²) in [4.78, 5) is 12.4. The number of benzene rings is 1. The van der Waals surface area contributed by atoms with Crippen molar-refractivity contribution in [1.82, 2.24) is 5.32 Å². The number of anilines is 1. The molecule has 2 atom stereocenters. The van der Waals surface area contributed by atoms with Gasteiger partial charge in [-0.25, -0.2) is 0 Å². The Morgan fingerprint density at radius 1 is 1.47 bits per heavy atom. The van der Waals surface area contributed by atoms with E-state index >= 15 is 0 Å². The van der Waals surface area contributed by atoms with Gasteiger partial charge in [0.05, 0.1) is 7.11 Å². The van der Waals surface area contributed by atoms with Crippen LogP contribution in [0.15, 0.2) is 18.2 Å². The molecule has 2 unspecified atom stereocenters. The predicted octanol–water partition coefficient (Wildman–Crippen LogP) is 2.29. The maximum Gasteiger partial charge on any atom is 0.257 e. The van der Waals surface area contributed by atoms with Gasteiger partial charge in [0, 0.05) is 17.0 Å². The van der Waals surface area contributed by atoms with Crippen LogP contribution in [0, 0.1) is 0 Å². The lowest BCUT2D eigenvalue weighted by molar-refractivity contribution is 0.0936. The topological polar surface area (TPSA) is 64.3 Å². The molecule has 1 amide bonds. The summed E-state index contributed by atoms with van der Waals surface area (Å²) in [6.45, 7) is 0. The zero-order valence-electron chi connectivity index (χ0n) is 11.3. The molecule has 3 N–H and O–H groups in total. The standard InChI is InChI=1S/C14H20N2O2S/c1-18-11-7-3-5-9(15)13(11)14(17)16-10-6-4-8-12(10)19-2/h3,5,7,10,12H,4,6,8,15H2,1-2H3,(H,16,17). The zero-order valence-corrected chi connectivity index (χ0v) is 12.1. The minimum atomic E-state index is -0.138. The van der Waals surface area contributed by atoms with E-state index in [1.165, 1.54) is 0 Å². The maximum absolute atomic E-state index is 12.4. The van der Waals surface area contributed by atoms with Gasteiger partial charge in [-0.3, -0.25) is 4.79 Å². The molecule has 0 spiro atoms. The van der Waals surface area contributed by atoms with E-state index in [1.807, 2.05) is 11.8 Å². The van der Waals surface area contributed by atoms with E-state index in [9.17, 15) is 4.79 Å². The van der Waals surface area contributed by atoms with Gasteiger partial charge in [0.25, 0.3) is 5.91 Å². The summed E-state index contributed by atoms with van der Waals surface area (Å²) in [6.07, 6.45) is 5.45. The quantitative estimate of drug-likeness (QED) is 0.831. The van der Waals surface area contributed by atoms with Gasteiger partial charge in [-0.1, -0.05) is 12.5 Å². The van der Waals surface area contributed by atoms with Crippen molar-refractivity contribution in [3.8, 4) is 5.75 Å². The lowest BCUT2D eigenvalue weighted by atomic mass is 10.1. The smallest absolute Gasteiger partial charge is 0.257 e. The van der Waals surface area contributed by atoms with Crippen molar-refractivity contribution >= 4 is 23.4 Å². The Labute approximate surface area is 118 Å². The van der Waals surface area contributed by atoms with E-state index in [4.69, 9.17) is 10.5 Å². The van der Waals surface area contributed by atoms with E-state index in [2.05, 4.69) is 11.6 Å². The number of nitrogens with one attached hydrogen (secondary N) is 1. The summed E-state index contributed by atoms with van der Waals surface area (Å²) in [5, 5.41) is 3.59. The minimum absolute atomic E-state index is 0.138. The van der Waals surface area contributed by atoms with E-state index < -0.39 is 0 Å².